The molecule has 0 aromatic heterocycles. The van der Waals surface area contributed by atoms with Gasteiger partial charge in [0.15, 0.2) is 11.5 Å². The highest BCUT2D eigenvalue weighted by Crippen LogP contribution is 2.33. The van der Waals surface area contributed by atoms with Crippen LogP contribution in [-0.4, -0.2) is 14.2 Å². The Bertz CT molecular complexity index is 571. The smallest absolute Gasteiger partial charge is 0.164 e. The van der Waals surface area contributed by atoms with Crippen molar-refractivity contribution in [1.82, 2.24) is 0 Å². The SMILES string of the molecule is COc1ccc(/C=C/c2ccccc2)c(C)c1OC. The molecule has 98 valence electrons. The zero-order valence-corrected chi connectivity index (χ0v) is 11.5. The molecule has 0 radical (unpaired) electrons. The molecule has 0 saturated carbocycles. The van der Waals surface area contributed by atoms with Crippen LogP contribution in [-0.2, 0) is 0 Å². The summed E-state index contributed by atoms with van der Waals surface area (Å²) >= 11 is 0. The molecule has 0 fully saturated rings. The lowest BCUT2D eigenvalue weighted by Gasteiger charge is -2.12. The maximum absolute atomic E-state index is 5.40. The molecular weight excluding hydrogens is 236 g/mol. The molecule has 0 saturated heterocycles. The predicted octanol–water partition coefficient (Wildman–Crippen LogP) is 4.18. The molecule has 0 N–H and O–H groups in total. The Balaban J connectivity index is 2.34. The highest BCUT2D eigenvalue weighted by Gasteiger charge is 2.09. The van der Waals surface area contributed by atoms with Crippen molar-refractivity contribution in [2.45, 2.75) is 6.92 Å². The minimum atomic E-state index is 0.761. The van der Waals surface area contributed by atoms with Crippen LogP contribution in [0.5, 0.6) is 11.5 Å². The van der Waals surface area contributed by atoms with Crippen LogP contribution < -0.4 is 9.47 Å². The van der Waals surface area contributed by atoms with Gasteiger partial charge in [-0.3, -0.25) is 0 Å². The number of rotatable bonds is 4. The third-order valence-corrected chi connectivity index (χ3v) is 3.09. The van der Waals surface area contributed by atoms with E-state index in [0.717, 1.165) is 22.6 Å². The van der Waals surface area contributed by atoms with Gasteiger partial charge in [-0.15, -0.1) is 0 Å². The maximum atomic E-state index is 5.40. The Kier molecular flexibility index (Phi) is 4.24. The van der Waals surface area contributed by atoms with E-state index < -0.39 is 0 Å². The van der Waals surface area contributed by atoms with Gasteiger partial charge in [-0.25, -0.2) is 0 Å². The van der Waals surface area contributed by atoms with Gasteiger partial charge in [0, 0.05) is 5.56 Å². The molecule has 0 spiro atoms. The lowest BCUT2D eigenvalue weighted by molar-refractivity contribution is 0.353. The van der Waals surface area contributed by atoms with Crippen molar-refractivity contribution in [3.8, 4) is 11.5 Å². The molecule has 19 heavy (non-hydrogen) atoms. The van der Waals surface area contributed by atoms with Crippen molar-refractivity contribution < 1.29 is 9.47 Å². The van der Waals surface area contributed by atoms with Crippen LogP contribution in [0.4, 0.5) is 0 Å². The van der Waals surface area contributed by atoms with Crippen LogP contribution >= 0.6 is 0 Å². The third kappa shape index (κ3) is 2.97. The summed E-state index contributed by atoms with van der Waals surface area (Å²) < 4.78 is 10.7. The van der Waals surface area contributed by atoms with Crippen LogP contribution in [0.25, 0.3) is 12.2 Å². The second kappa shape index (κ2) is 6.10. The molecule has 0 aliphatic heterocycles. The summed E-state index contributed by atoms with van der Waals surface area (Å²) in [4.78, 5) is 0. The largest absolute Gasteiger partial charge is 0.493 e. The van der Waals surface area contributed by atoms with Crippen molar-refractivity contribution in [3.63, 3.8) is 0 Å². The second-order valence-corrected chi connectivity index (χ2v) is 4.26. The van der Waals surface area contributed by atoms with Crippen molar-refractivity contribution in [2.24, 2.45) is 0 Å². The zero-order chi connectivity index (χ0) is 13.7. The minimum absolute atomic E-state index is 0.761. The molecule has 2 aromatic rings. The first kappa shape index (κ1) is 13.2. The van der Waals surface area contributed by atoms with Crippen LogP contribution in [0.1, 0.15) is 16.7 Å². The summed E-state index contributed by atoms with van der Waals surface area (Å²) in [5.74, 6) is 1.55. The van der Waals surface area contributed by atoms with E-state index in [9.17, 15) is 0 Å². The van der Waals surface area contributed by atoms with Gasteiger partial charge in [0.2, 0.25) is 0 Å². The number of hydrogen-bond acceptors (Lipinski definition) is 2. The highest BCUT2D eigenvalue weighted by atomic mass is 16.5. The molecule has 2 aromatic carbocycles. The molecule has 0 atom stereocenters. The quantitative estimate of drug-likeness (QED) is 0.762. The summed E-state index contributed by atoms with van der Waals surface area (Å²) in [6, 6.07) is 14.2. The molecule has 0 heterocycles. The standard InChI is InChI=1S/C17H18O2/c1-13-15(10-9-14-7-5-4-6-8-14)11-12-16(18-2)17(13)19-3/h4-12H,1-3H3/b10-9+. The van der Waals surface area contributed by atoms with Gasteiger partial charge in [-0.05, 0) is 24.1 Å². The van der Waals surface area contributed by atoms with Crippen LogP contribution in [0, 0.1) is 6.92 Å². The molecule has 0 aliphatic carbocycles. The number of benzene rings is 2. The van der Waals surface area contributed by atoms with Crippen LogP contribution in [0.3, 0.4) is 0 Å². The zero-order valence-electron chi connectivity index (χ0n) is 11.5. The number of ether oxygens (including phenoxy) is 2. The molecule has 2 rings (SSSR count). The molecule has 2 heteroatoms. The van der Waals surface area contributed by atoms with Crippen molar-refractivity contribution >= 4 is 12.2 Å². The minimum Gasteiger partial charge on any atom is -0.493 e. The monoisotopic (exact) mass is 254 g/mol. The fourth-order valence-corrected chi connectivity index (χ4v) is 2.03. The van der Waals surface area contributed by atoms with Gasteiger partial charge < -0.3 is 9.47 Å². The maximum Gasteiger partial charge on any atom is 0.164 e. The van der Waals surface area contributed by atoms with Crippen molar-refractivity contribution in [2.75, 3.05) is 14.2 Å². The van der Waals surface area contributed by atoms with Crippen LogP contribution in [0.2, 0.25) is 0 Å². The summed E-state index contributed by atoms with van der Waals surface area (Å²) in [7, 11) is 3.31. The normalized spacial score (nSPS) is 10.7. The Morgan fingerprint density at radius 2 is 1.58 bits per heavy atom. The van der Waals surface area contributed by atoms with Gasteiger partial charge in [0.1, 0.15) is 0 Å². The van der Waals surface area contributed by atoms with E-state index in [4.69, 9.17) is 9.47 Å². The molecule has 0 aliphatic rings. The Morgan fingerprint density at radius 3 is 2.21 bits per heavy atom. The van der Waals surface area contributed by atoms with E-state index in [-0.39, 0.29) is 0 Å². The third-order valence-electron chi connectivity index (χ3n) is 3.09. The first-order chi connectivity index (χ1) is 9.26. The number of methoxy groups -OCH3 is 2. The van der Waals surface area contributed by atoms with Gasteiger partial charge in [0.05, 0.1) is 14.2 Å². The lowest BCUT2D eigenvalue weighted by atomic mass is 10.1. The molecule has 0 amide bonds. The Hall–Kier alpha value is -2.22. The summed E-state index contributed by atoms with van der Waals surface area (Å²) in [6.07, 6.45) is 4.18. The summed E-state index contributed by atoms with van der Waals surface area (Å²) in [5, 5.41) is 0. The van der Waals surface area contributed by atoms with E-state index in [1.165, 1.54) is 5.56 Å². The van der Waals surface area contributed by atoms with E-state index in [1.807, 2.05) is 37.3 Å². The highest BCUT2D eigenvalue weighted by molar-refractivity contribution is 5.73. The van der Waals surface area contributed by atoms with E-state index in [2.05, 4.69) is 24.3 Å². The Labute approximate surface area is 114 Å². The van der Waals surface area contributed by atoms with Crippen molar-refractivity contribution in [1.29, 1.82) is 0 Å². The average molecular weight is 254 g/mol. The van der Waals surface area contributed by atoms with Gasteiger partial charge in [0.25, 0.3) is 0 Å². The van der Waals surface area contributed by atoms with E-state index in [0.29, 0.717) is 0 Å². The van der Waals surface area contributed by atoms with Gasteiger partial charge in [-0.2, -0.15) is 0 Å². The average Bonchev–Trinajstić information content (AvgIpc) is 2.46. The lowest BCUT2D eigenvalue weighted by Crippen LogP contribution is -1.94. The Morgan fingerprint density at radius 1 is 0.842 bits per heavy atom. The van der Waals surface area contributed by atoms with E-state index >= 15 is 0 Å². The predicted molar refractivity (Wildman–Crippen MR) is 79.7 cm³/mol. The van der Waals surface area contributed by atoms with Gasteiger partial charge >= 0.3 is 0 Å². The van der Waals surface area contributed by atoms with Gasteiger partial charge in [-0.1, -0.05) is 48.6 Å². The topological polar surface area (TPSA) is 18.5 Å². The number of hydrogen-bond donors (Lipinski definition) is 0. The molecular formula is C17H18O2. The summed E-state index contributed by atoms with van der Waals surface area (Å²) in [5.41, 5.74) is 3.38. The fourth-order valence-electron chi connectivity index (χ4n) is 2.03. The molecule has 0 bridgehead atoms. The van der Waals surface area contributed by atoms with E-state index in [1.54, 1.807) is 14.2 Å². The molecule has 2 nitrogen and oxygen atoms in total. The first-order valence-electron chi connectivity index (χ1n) is 6.21. The first-order valence-corrected chi connectivity index (χ1v) is 6.21. The van der Waals surface area contributed by atoms with Crippen LogP contribution in [0.15, 0.2) is 42.5 Å². The fraction of sp³-hybridized carbons (Fsp3) is 0.176. The summed E-state index contributed by atoms with van der Waals surface area (Å²) in [6.45, 7) is 2.03. The van der Waals surface area contributed by atoms with Crippen molar-refractivity contribution in [3.05, 3.63) is 59.2 Å². The second-order valence-electron chi connectivity index (χ2n) is 4.26. The molecule has 0 unspecified atom stereocenters.